The number of benzene rings is 1. The Balaban J connectivity index is 1.64. The van der Waals surface area contributed by atoms with E-state index in [1.807, 2.05) is 0 Å². The largest absolute Gasteiger partial charge is 0.492 e. The molecule has 1 aromatic rings. The van der Waals surface area contributed by atoms with Crippen molar-refractivity contribution < 1.29 is 14.2 Å². The van der Waals surface area contributed by atoms with Crippen molar-refractivity contribution >= 4 is 0 Å². The maximum absolute atomic E-state index is 12.7. The highest BCUT2D eigenvalue weighted by Crippen LogP contribution is 2.25. The molecule has 2 rings (SSSR count). The van der Waals surface area contributed by atoms with Gasteiger partial charge in [-0.1, -0.05) is 13.3 Å². The number of rotatable bonds is 6. The third-order valence-corrected chi connectivity index (χ3v) is 3.24. The van der Waals surface area contributed by atoms with Crippen LogP contribution in [0.5, 0.6) is 5.75 Å². The molecule has 4 heteroatoms. The first-order valence-corrected chi connectivity index (χ1v) is 6.44. The summed E-state index contributed by atoms with van der Waals surface area (Å²) in [4.78, 5) is 2.17. The van der Waals surface area contributed by atoms with E-state index in [9.17, 15) is 9.50 Å². The number of aliphatic hydroxyl groups is 1. The fraction of sp³-hybridized carbons (Fsp3) is 0.571. The highest BCUT2D eigenvalue weighted by Gasteiger charge is 2.39. The van der Waals surface area contributed by atoms with Crippen LogP contribution in [-0.2, 0) is 0 Å². The molecule has 0 atom stereocenters. The molecule has 1 aliphatic rings. The van der Waals surface area contributed by atoms with E-state index < -0.39 is 5.60 Å². The molecule has 1 heterocycles. The Morgan fingerprint density at radius 1 is 1.33 bits per heavy atom. The zero-order valence-electron chi connectivity index (χ0n) is 10.7. The quantitative estimate of drug-likeness (QED) is 0.842. The molecular formula is C14H20FNO2. The maximum atomic E-state index is 12.7. The molecule has 0 bridgehead atoms. The van der Waals surface area contributed by atoms with E-state index in [-0.39, 0.29) is 5.82 Å². The van der Waals surface area contributed by atoms with E-state index in [1.54, 1.807) is 12.1 Å². The summed E-state index contributed by atoms with van der Waals surface area (Å²) in [5.74, 6) is 0.426. The summed E-state index contributed by atoms with van der Waals surface area (Å²) >= 11 is 0. The number of hydrogen-bond acceptors (Lipinski definition) is 3. The summed E-state index contributed by atoms with van der Waals surface area (Å²) < 4.78 is 18.2. The van der Waals surface area contributed by atoms with Gasteiger partial charge in [0.05, 0.1) is 5.60 Å². The SMILES string of the molecule is CCCC1(O)CN(CCOc2ccc(F)cc2)C1. The molecule has 1 aromatic carbocycles. The first-order chi connectivity index (χ1) is 8.61. The molecule has 3 nitrogen and oxygen atoms in total. The molecule has 0 unspecified atom stereocenters. The zero-order valence-corrected chi connectivity index (χ0v) is 10.7. The standard InChI is InChI=1S/C14H20FNO2/c1-2-7-14(17)10-16(11-14)8-9-18-13-5-3-12(15)4-6-13/h3-6,17H,2,7-11H2,1H3. The van der Waals surface area contributed by atoms with Crippen molar-refractivity contribution in [2.75, 3.05) is 26.2 Å². The molecule has 0 saturated carbocycles. The summed E-state index contributed by atoms with van der Waals surface area (Å²) in [6.07, 6.45) is 1.87. The van der Waals surface area contributed by atoms with Crippen LogP contribution < -0.4 is 4.74 Å². The van der Waals surface area contributed by atoms with E-state index >= 15 is 0 Å². The lowest BCUT2D eigenvalue weighted by molar-refractivity contribution is -0.105. The van der Waals surface area contributed by atoms with Crippen molar-refractivity contribution in [1.29, 1.82) is 0 Å². The van der Waals surface area contributed by atoms with Gasteiger partial charge in [-0.2, -0.15) is 0 Å². The lowest BCUT2D eigenvalue weighted by Gasteiger charge is -2.46. The van der Waals surface area contributed by atoms with Gasteiger partial charge < -0.3 is 9.84 Å². The predicted molar refractivity (Wildman–Crippen MR) is 68.2 cm³/mol. The molecular weight excluding hydrogens is 233 g/mol. The van der Waals surface area contributed by atoms with Crippen LogP contribution in [0.2, 0.25) is 0 Å². The van der Waals surface area contributed by atoms with Gasteiger partial charge in [0.25, 0.3) is 0 Å². The Bertz CT molecular complexity index is 374. The number of hydrogen-bond donors (Lipinski definition) is 1. The Morgan fingerprint density at radius 2 is 2.00 bits per heavy atom. The van der Waals surface area contributed by atoms with Crippen molar-refractivity contribution in [3.8, 4) is 5.75 Å². The summed E-state index contributed by atoms with van der Waals surface area (Å²) in [6.45, 7) is 4.90. The zero-order chi connectivity index (χ0) is 13.0. The van der Waals surface area contributed by atoms with Gasteiger partial charge in [-0.25, -0.2) is 4.39 Å². The van der Waals surface area contributed by atoms with Crippen LogP contribution in [0.1, 0.15) is 19.8 Å². The van der Waals surface area contributed by atoms with Crippen LogP contribution in [-0.4, -0.2) is 41.8 Å². The van der Waals surface area contributed by atoms with Crippen LogP contribution in [0.25, 0.3) is 0 Å². The molecule has 1 saturated heterocycles. The number of likely N-dealkylation sites (tertiary alicyclic amines) is 1. The molecule has 0 radical (unpaired) electrons. The van der Waals surface area contributed by atoms with Crippen LogP contribution in [0, 0.1) is 5.82 Å². The van der Waals surface area contributed by atoms with E-state index in [4.69, 9.17) is 4.74 Å². The lowest BCUT2D eigenvalue weighted by atomic mass is 9.89. The fourth-order valence-electron chi connectivity index (χ4n) is 2.39. The summed E-state index contributed by atoms with van der Waals surface area (Å²) in [5.41, 5.74) is -0.482. The monoisotopic (exact) mass is 253 g/mol. The minimum absolute atomic E-state index is 0.255. The molecule has 0 aliphatic carbocycles. The Labute approximate surface area is 107 Å². The van der Waals surface area contributed by atoms with Crippen molar-refractivity contribution in [2.24, 2.45) is 0 Å². The highest BCUT2D eigenvalue weighted by molar-refractivity contribution is 5.22. The van der Waals surface area contributed by atoms with Crippen LogP contribution in [0.3, 0.4) is 0 Å². The second-order valence-electron chi connectivity index (χ2n) is 4.99. The third-order valence-electron chi connectivity index (χ3n) is 3.24. The van der Waals surface area contributed by atoms with Gasteiger partial charge in [-0.15, -0.1) is 0 Å². The van der Waals surface area contributed by atoms with Gasteiger partial charge in [-0.3, -0.25) is 4.90 Å². The summed E-state index contributed by atoms with van der Waals surface area (Å²) in [7, 11) is 0. The van der Waals surface area contributed by atoms with Gasteiger partial charge in [0.1, 0.15) is 18.2 Å². The molecule has 0 aromatic heterocycles. The Hall–Kier alpha value is -1.13. The van der Waals surface area contributed by atoms with Gasteiger partial charge in [-0.05, 0) is 30.7 Å². The highest BCUT2D eigenvalue weighted by atomic mass is 19.1. The van der Waals surface area contributed by atoms with Gasteiger partial charge in [0.15, 0.2) is 0 Å². The first-order valence-electron chi connectivity index (χ1n) is 6.44. The average Bonchev–Trinajstić information content (AvgIpc) is 2.30. The number of β-amino-alcohol motifs (C(OH)–C–C–N with tert-alkyl or cyclic N) is 1. The first kappa shape index (κ1) is 13.3. The molecule has 1 N–H and O–H groups in total. The molecule has 1 fully saturated rings. The van der Waals surface area contributed by atoms with Gasteiger partial charge in [0, 0.05) is 19.6 Å². The Morgan fingerprint density at radius 3 is 2.61 bits per heavy atom. The molecule has 0 spiro atoms. The minimum Gasteiger partial charge on any atom is -0.492 e. The predicted octanol–water partition coefficient (Wildman–Crippen LogP) is 2.05. The van der Waals surface area contributed by atoms with Gasteiger partial charge >= 0.3 is 0 Å². The number of nitrogens with zero attached hydrogens (tertiary/aromatic N) is 1. The van der Waals surface area contributed by atoms with Crippen molar-refractivity contribution in [1.82, 2.24) is 4.90 Å². The minimum atomic E-state index is -0.482. The number of ether oxygens (including phenoxy) is 1. The average molecular weight is 253 g/mol. The molecule has 0 amide bonds. The molecule has 1 aliphatic heterocycles. The summed E-state index contributed by atoms with van der Waals surface area (Å²) in [6, 6.07) is 6.02. The molecule has 100 valence electrons. The van der Waals surface area contributed by atoms with E-state index in [2.05, 4.69) is 11.8 Å². The summed E-state index contributed by atoms with van der Waals surface area (Å²) in [5, 5.41) is 10.0. The lowest BCUT2D eigenvalue weighted by Crippen LogP contribution is -2.62. The van der Waals surface area contributed by atoms with Crippen LogP contribution in [0.4, 0.5) is 4.39 Å². The van der Waals surface area contributed by atoms with Crippen LogP contribution >= 0.6 is 0 Å². The normalized spacial score (nSPS) is 18.4. The second kappa shape index (κ2) is 5.67. The van der Waals surface area contributed by atoms with Crippen LogP contribution in [0.15, 0.2) is 24.3 Å². The van der Waals surface area contributed by atoms with Crippen molar-refractivity contribution in [3.63, 3.8) is 0 Å². The smallest absolute Gasteiger partial charge is 0.123 e. The Kier molecular flexibility index (Phi) is 4.19. The van der Waals surface area contributed by atoms with Gasteiger partial charge in [0.2, 0.25) is 0 Å². The fourth-order valence-corrected chi connectivity index (χ4v) is 2.39. The number of halogens is 1. The topological polar surface area (TPSA) is 32.7 Å². The van der Waals surface area contributed by atoms with E-state index in [0.717, 1.165) is 32.5 Å². The van der Waals surface area contributed by atoms with E-state index in [0.29, 0.717) is 12.4 Å². The van der Waals surface area contributed by atoms with Crippen molar-refractivity contribution in [3.05, 3.63) is 30.1 Å². The molecule has 18 heavy (non-hydrogen) atoms. The van der Waals surface area contributed by atoms with E-state index in [1.165, 1.54) is 12.1 Å². The second-order valence-corrected chi connectivity index (χ2v) is 4.99. The maximum Gasteiger partial charge on any atom is 0.123 e. The van der Waals surface area contributed by atoms with Crippen molar-refractivity contribution in [2.45, 2.75) is 25.4 Å². The third kappa shape index (κ3) is 3.43.